The highest BCUT2D eigenvalue weighted by Gasteiger charge is 2.39. The summed E-state index contributed by atoms with van der Waals surface area (Å²) < 4.78 is 0. The highest BCUT2D eigenvalue weighted by Crippen LogP contribution is 2.35. The van der Waals surface area contributed by atoms with Crippen molar-refractivity contribution in [2.45, 2.75) is 78.3 Å². The molecule has 2 heteroatoms. The van der Waals surface area contributed by atoms with Crippen LogP contribution < -0.4 is 5.73 Å². The third-order valence-electron chi connectivity index (χ3n) is 5.19. The van der Waals surface area contributed by atoms with E-state index in [-0.39, 0.29) is 5.54 Å². The lowest BCUT2D eigenvalue weighted by molar-refractivity contribution is -0.00649. The van der Waals surface area contributed by atoms with E-state index in [1.54, 1.807) is 0 Å². The smallest absolute Gasteiger partial charge is 0.0334 e. The van der Waals surface area contributed by atoms with Crippen molar-refractivity contribution in [2.75, 3.05) is 13.1 Å². The minimum absolute atomic E-state index is 0.240. The maximum atomic E-state index is 6.22. The zero-order valence-corrected chi connectivity index (χ0v) is 13.2. The molecule has 1 aliphatic rings. The number of hydrogen-bond donors (Lipinski definition) is 1. The molecule has 1 rings (SSSR count). The number of nitrogens with zero attached hydrogens (tertiary/aromatic N) is 1. The summed E-state index contributed by atoms with van der Waals surface area (Å²) in [5, 5.41) is 0. The quantitative estimate of drug-likeness (QED) is 0.784. The Hall–Kier alpha value is -0.0800. The van der Waals surface area contributed by atoms with Gasteiger partial charge in [-0.05, 0) is 44.4 Å². The van der Waals surface area contributed by atoms with Crippen LogP contribution in [-0.4, -0.2) is 29.6 Å². The molecule has 0 spiro atoms. The predicted octanol–water partition coefficient (Wildman–Crippen LogP) is 3.65. The molecule has 18 heavy (non-hydrogen) atoms. The molecule has 0 saturated carbocycles. The van der Waals surface area contributed by atoms with E-state index in [0.717, 1.165) is 18.4 Å². The third kappa shape index (κ3) is 3.48. The van der Waals surface area contributed by atoms with Crippen LogP contribution in [0.25, 0.3) is 0 Å². The number of likely N-dealkylation sites (tertiary alicyclic amines) is 1. The first kappa shape index (κ1) is 16.0. The molecule has 0 aromatic heterocycles. The Morgan fingerprint density at radius 3 is 2.44 bits per heavy atom. The monoisotopic (exact) mass is 254 g/mol. The van der Waals surface area contributed by atoms with Crippen LogP contribution in [0.1, 0.15) is 66.7 Å². The Kier molecular flexibility index (Phi) is 6.13. The summed E-state index contributed by atoms with van der Waals surface area (Å²) in [5.41, 5.74) is 6.46. The van der Waals surface area contributed by atoms with Crippen molar-refractivity contribution in [3.63, 3.8) is 0 Å². The Labute approximate surface area is 114 Å². The van der Waals surface area contributed by atoms with Crippen LogP contribution in [0.3, 0.4) is 0 Å². The molecule has 2 N–H and O–H groups in total. The van der Waals surface area contributed by atoms with Gasteiger partial charge in [0.15, 0.2) is 0 Å². The second-order valence-electron chi connectivity index (χ2n) is 6.68. The molecule has 0 aliphatic carbocycles. The molecule has 1 heterocycles. The molecule has 108 valence electrons. The summed E-state index contributed by atoms with van der Waals surface area (Å²) in [4.78, 5) is 2.74. The summed E-state index contributed by atoms with van der Waals surface area (Å²) in [6.45, 7) is 13.8. The number of piperidine rings is 1. The summed E-state index contributed by atoms with van der Waals surface area (Å²) in [6, 6.07) is 0.703. The van der Waals surface area contributed by atoms with E-state index >= 15 is 0 Å². The lowest BCUT2D eigenvalue weighted by Crippen LogP contribution is -2.60. The minimum atomic E-state index is 0.240. The molecule has 0 aromatic carbocycles. The topological polar surface area (TPSA) is 29.3 Å². The number of hydrogen-bond acceptors (Lipinski definition) is 2. The Bertz CT molecular complexity index is 235. The van der Waals surface area contributed by atoms with E-state index in [9.17, 15) is 0 Å². The van der Waals surface area contributed by atoms with Gasteiger partial charge in [-0.25, -0.2) is 0 Å². The van der Waals surface area contributed by atoms with Gasteiger partial charge >= 0.3 is 0 Å². The van der Waals surface area contributed by atoms with Gasteiger partial charge in [-0.2, -0.15) is 0 Å². The van der Waals surface area contributed by atoms with E-state index in [1.165, 1.54) is 38.6 Å². The normalized spacial score (nSPS) is 31.0. The van der Waals surface area contributed by atoms with Gasteiger partial charge in [0.1, 0.15) is 0 Å². The fourth-order valence-electron chi connectivity index (χ4n) is 3.55. The molecule has 4 unspecified atom stereocenters. The highest BCUT2D eigenvalue weighted by atomic mass is 15.2. The van der Waals surface area contributed by atoms with Gasteiger partial charge < -0.3 is 5.73 Å². The molecule has 0 amide bonds. The van der Waals surface area contributed by atoms with Crippen molar-refractivity contribution in [3.8, 4) is 0 Å². The van der Waals surface area contributed by atoms with Crippen molar-refractivity contribution in [2.24, 2.45) is 17.6 Å². The van der Waals surface area contributed by atoms with E-state index in [2.05, 4.69) is 39.5 Å². The molecular weight excluding hydrogens is 220 g/mol. The van der Waals surface area contributed by atoms with Crippen molar-refractivity contribution in [1.82, 2.24) is 4.90 Å². The minimum Gasteiger partial charge on any atom is -0.329 e. The Balaban J connectivity index is 2.86. The van der Waals surface area contributed by atoms with Gasteiger partial charge in [-0.3, -0.25) is 4.90 Å². The van der Waals surface area contributed by atoms with Crippen molar-refractivity contribution in [1.29, 1.82) is 0 Å². The van der Waals surface area contributed by atoms with Gasteiger partial charge in [0.2, 0.25) is 0 Å². The summed E-state index contributed by atoms with van der Waals surface area (Å²) in [5.74, 6) is 1.61. The van der Waals surface area contributed by atoms with Crippen LogP contribution in [-0.2, 0) is 0 Å². The van der Waals surface area contributed by atoms with Crippen molar-refractivity contribution >= 4 is 0 Å². The van der Waals surface area contributed by atoms with Crippen LogP contribution in [0.15, 0.2) is 0 Å². The fraction of sp³-hybridized carbons (Fsp3) is 1.00. The lowest BCUT2D eigenvalue weighted by atomic mass is 9.79. The number of rotatable bonds is 6. The van der Waals surface area contributed by atoms with Gasteiger partial charge in [0, 0.05) is 24.7 Å². The summed E-state index contributed by atoms with van der Waals surface area (Å²) >= 11 is 0. The average molecular weight is 254 g/mol. The van der Waals surface area contributed by atoms with E-state index in [0.29, 0.717) is 6.04 Å². The van der Waals surface area contributed by atoms with E-state index in [4.69, 9.17) is 5.73 Å². The van der Waals surface area contributed by atoms with Crippen LogP contribution >= 0.6 is 0 Å². The molecule has 1 aliphatic heterocycles. The Morgan fingerprint density at radius 1 is 1.28 bits per heavy atom. The maximum absolute atomic E-state index is 6.22. The predicted molar refractivity (Wildman–Crippen MR) is 80.7 cm³/mol. The molecule has 0 radical (unpaired) electrons. The first-order valence-electron chi connectivity index (χ1n) is 7.95. The van der Waals surface area contributed by atoms with E-state index < -0.39 is 0 Å². The van der Waals surface area contributed by atoms with Gasteiger partial charge in [-0.15, -0.1) is 0 Å². The largest absolute Gasteiger partial charge is 0.329 e. The maximum Gasteiger partial charge on any atom is 0.0334 e. The zero-order valence-electron chi connectivity index (χ0n) is 13.2. The fourth-order valence-corrected chi connectivity index (χ4v) is 3.55. The zero-order chi connectivity index (χ0) is 13.8. The van der Waals surface area contributed by atoms with Crippen LogP contribution in [0.4, 0.5) is 0 Å². The van der Waals surface area contributed by atoms with Crippen molar-refractivity contribution in [3.05, 3.63) is 0 Å². The Morgan fingerprint density at radius 2 is 1.94 bits per heavy atom. The SMILES string of the molecule is CCC(C)CC(CC)(CN)N1CC(C)CCC1C. The molecule has 4 atom stereocenters. The van der Waals surface area contributed by atoms with Gasteiger partial charge in [0.05, 0.1) is 0 Å². The molecule has 0 aromatic rings. The highest BCUT2D eigenvalue weighted by molar-refractivity contribution is 4.96. The summed E-state index contributed by atoms with van der Waals surface area (Å²) in [6.07, 6.45) is 6.42. The van der Waals surface area contributed by atoms with Crippen LogP contribution in [0.5, 0.6) is 0 Å². The molecule has 1 fully saturated rings. The van der Waals surface area contributed by atoms with E-state index in [1.807, 2.05) is 0 Å². The standard InChI is InChI=1S/C16H34N2/c1-6-13(3)10-16(7-2,12-17)18-11-14(4)8-9-15(18)5/h13-15H,6-12,17H2,1-5H3. The molecular formula is C16H34N2. The second kappa shape index (κ2) is 6.91. The average Bonchev–Trinajstić information content (AvgIpc) is 2.39. The first-order chi connectivity index (χ1) is 8.49. The van der Waals surface area contributed by atoms with Gasteiger partial charge in [-0.1, -0.05) is 34.1 Å². The molecule has 2 nitrogen and oxygen atoms in total. The second-order valence-corrected chi connectivity index (χ2v) is 6.68. The third-order valence-corrected chi connectivity index (χ3v) is 5.19. The summed E-state index contributed by atoms with van der Waals surface area (Å²) in [7, 11) is 0. The first-order valence-corrected chi connectivity index (χ1v) is 7.95. The molecule has 1 saturated heterocycles. The van der Waals surface area contributed by atoms with Crippen LogP contribution in [0.2, 0.25) is 0 Å². The molecule has 0 bridgehead atoms. The number of nitrogens with two attached hydrogens (primary N) is 1. The van der Waals surface area contributed by atoms with Crippen LogP contribution in [0, 0.1) is 11.8 Å². The van der Waals surface area contributed by atoms with Crippen molar-refractivity contribution < 1.29 is 0 Å². The lowest BCUT2D eigenvalue weighted by Gasteiger charge is -2.51. The van der Waals surface area contributed by atoms with Gasteiger partial charge in [0.25, 0.3) is 0 Å².